The summed E-state index contributed by atoms with van der Waals surface area (Å²) in [5, 5.41) is 28.3. The van der Waals surface area contributed by atoms with Gasteiger partial charge in [0, 0.05) is 20.2 Å². The number of likely N-dealkylation sites (N-methyl/N-ethyl adjacent to an activating group) is 1. The number of halogens is 10. The van der Waals surface area contributed by atoms with Crippen molar-refractivity contribution in [3.63, 3.8) is 0 Å². The number of ether oxygens (including phenoxy) is 1. The maximum absolute atomic E-state index is 13.0. The molecule has 298 valence electrons. The fourth-order valence-corrected chi connectivity index (χ4v) is 6.61. The first-order valence-corrected chi connectivity index (χ1v) is 18.2. The van der Waals surface area contributed by atoms with Gasteiger partial charge in [-0.25, -0.2) is 9.36 Å². The highest BCUT2D eigenvalue weighted by Crippen LogP contribution is 2.42. The topological polar surface area (TPSA) is 154 Å². The van der Waals surface area contributed by atoms with Crippen molar-refractivity contribution < 1.29 is 40.7 Å². The Morgan fingerprint density at radius 1 is 0.911 bits per heavy atom. The highest BCUT2D eigenvalue weighted by Gasteiger charge is 2.35. The highest BCUT2D eigenvalue weighted by atomic mass is 35.5. The van der Waals surface area contributed by atoms with E-state index in [0.29, 0.717) is 29.4 Å². The minimum absolute atomic E-state index is 0.0329. The maximum atomic E-state index is 13.0. The van der Waals surface area contributed by atoms with Crippen LogP contribution in [-0.4, -0.2) is 70.7 Å². The molecule has 0 saturated heterocycles. The van der Waals surface area contributed by atoms with Gasteiger partial charge >= 0.3 is 12.4 Å². The van der Waals surface area contributed by atoms with Crippen LogP contribution in [0.1, 0.15) is 53.6 Å². The highest BCUT2D eigenvalue weighted by molar-refractivity contribution is 7.98. The average Bonchev–Trinajstić information content (AvgIpc) is 3.67. The summed E-state index contributed by atoms with van der Waals surface area (Å²) >= 11 is 25.5. The summed E-state index contributed by atoms with van der Waals surface area (Å²) in [7, 11) is 1.30. The van der Waals surface area contributed by atoms with Crippen LogP contribution in [0.2, 0.25) is 20.1 Å². The van der Waals surface area contributed by atoms with E-state index in [4.69, 9.17) is 51.1 Å². The number of thioether (sulfide) groups is 1. The molecule has 0 saturated carbocycles. The smallest absolute Gasteiger partial charge is 0.372 e. The molecule has 56 heavy (non-hydrogen) atoms. The predicted molar refractivity (Wildman–Crippen MR) is 201 cm³/mol. The number of anilines is 2. The molecule has 4 rings (SSSR count). The van der Waals surface area contributed by atoms with E-state index >= 15 is 0 Å². The largest absolute Gasteiger partial charge is 0.416 e. The van der Waals surface area contributed by atoms with Gasteiger partial charge in [0.05, 0.1) is 48.0 Å². The molecule has 4 aromatic rings. The molecule has 2 heterocycles. The van der Waals surface area contributed by atoms with Crippen molar-refractivity contribution in [2.45, 2.75) is 38.0 Å². The number of aliphatic imine (C=N–C) groups is 1. The van der Waals surface area contributed by atoms with Gasteiger partial charge in [0.2, 0.25) is 0 Å². The first-order chi connectivity index (χ1) is 26.2. The second-order valence-corrected chi connectivity index (χ2v) is 13.3. The predicted octanol–water partition coefficient (Wildman–Crippen LogP) is 9.52. The van der Waals surface area contributed by atoms with Gasteiger partial charge in [-0.05, 0) is 51.3 Å². The van der Waals surface area contributed by atoms with E-state index in [0.717, 1.165) is 28.6 Å². The summed E-state index contributed by atoms with van der Waals surface area (Å²) in [6.45, 7) is 5.08. The van der Waals surface area contributed by atoms with Gasteiger partial charge in [0.15, 0.2) is 23.0 Å². The zero-order chi connectivity index (χ0) is 42.3. The summed E-state index contributed by atoms with van der Waals surface area (Å²) in [5.41, 5.74) is -2.74. The Morgan fingerprint density at radius 3 is 1.77 bits per heavy atom. The molecular formula is C33H27Cl4F6N9O3S. The third-order valence-electron chi connectivity index (χ3n) is 7.18. The number of carbonyl (C=O) groups excluding carboxylic acids is 2. The number of carbonyl (C=O) groups is 2. The van der Waals surface area contributed by atoms with Crippen molar-refractivity contribution in [3.8, 4) is 23.5 Å². The number of benzene rings is 2. The number of rotatable bonds is 11. The minimum Gasteiger partial charge on any atom is -0.372 e. The number of hydrogen-bond donors (Lipinski definition) is 1. The van der Waals surface area contributed by atoms with Crippen molar-refractivity contribution >= 4 is 87.8 Å². The van der Waals surface area contributed by atoms with Gasteiger partial charge in [0.1, 0.15) is 35.9 Å². The standard InChI is InChI=1S/C18H15Cl2F3N4O3.C15H12Cl2F3N5S/c1-4-30-8-14(29)26(3)17-15(9(2)28)13(7-24)25-27(17)16-11(19)5-10(6-12(16)20)18(21,22)23;1-3-22-7-23-14-13(26-2)11(6-21)24-25(14)12-9(16)4-8(5-10(12)17)15(18,19)20/h5-6H,4,8H2,1-3H3;4-5,7H,3H2,1-2H3,(H,22,23). The van der Waals surface area contributed by atoms with Crippen molar-refractivity contribution in [3.05, 3.63) is 72.4 Å². The molecule has 0 bridgehead atoms. The van der Waals surface area contributed by atoms with Crippen molar-refractivity contribution in [2.75, 3.05) is 43.3 Å². The molecule has 2 aromatic heterocycles. The van der Waals surface area contributed by atoms with Gasteiger partial charge in [0.25, 0.3) is 5.91 Å². The fourth-order valence-electron chi connectivity index (χ4n) is 4.70. The molecule has 1 amide bonds. The summed E-state index contributed by atoms with van der Waals surface area (Å²) in [6, 6.07) is 6.46. The second kappa shape index (κ2) is 19.1. The molecule has 1 N–H and O–H groups in total. The van der Waals surface area contributed by atoms with Crippen LogP contribution in [0.15, 0.2) is 34.2 Å². The molecule has 0 radical (unpaired) electrons. The van der Waals surface area contributed by atoms with Crippen LogP contribution in [0, 0.1) is 22.7 Å². The van der Waals surface area contributed by atoms with Gasteiger partial charge in [-0.15, -0.1) is 11.8 Å². The summed E-state index contributed by atoms with van der Waals surface area (Å²) in [5.74, 6) is -1.03. The molecule has 0 aliphatic heterocycles. The Morgan fingerprint density at radius 2 is 1.38 bits per heavy atom. The number of nitriles is 2. The molecule has 2 aromatic carbocycles. The number of nitrogens with zero attached hydrogens (tertiary/aromatic N) is 8. The van der Waals surface area contributed by atoms with Crippen LogP contribution in [0.3, 0.4) is 0 Å². The van der Waals surface area contributed by atoms with E-state index in [1.54, 1.807) is 19.2 Å². The van der Waals surface area contributed by atoms with Gasteiger partial charge in [-0.3, -0.25) is 19.5 Å². The average molecular weight is 886 g/mol. The van der Waals surface area contributed by atoms with Crippen LogP contribution in [0.25, 0.3) is 11.4 Å². The van der Waals surface area contributed by atoms with E-state index in [9.17, 15) is 46.5 Å². The number of amides is 1. The van der Waals surface area contributed by atoms with Crippen LogP contribution in [0.4, 0.5) is 38.0 Å². The Balaban J connectivity index is 0.000000303. The zero-order valence-corrected chi connectivity index (χ0v) is 33.3. The monoisotopic (exact) mass is 883 g/mol. The first kappa shape index (κ1) is 45.9. The lowest BCUT2D eigenvalue weighted by molar-refractivity contribution is -0.138. The number of ketones is 1. The minimum atomic E-state index is -4.70. The normalized spacial score (nSPS) is 11.5. The van der Waals surface area contributed by atoms with E-state index < -0.39 is 45.2 Å². The number of nitrogens with one attached hydrogen (secondary N) is 1. The Kier molecular flexibility index (Phi) is 15.6. The molecule has 0 aliphatic rings. The molecule has 0 unspecified atom stereocenters. The van der Waals surface area contributed by atoms with Crippen LogP contribution in [0.5, 0.6) is 0 Å². The second-order valence-electron chi connectivity index (χ2n) is 10.8. The molecule has 0 spiro atoms. The van der Waals surface area contributed by atoms with Gasteiger partial charge in [-0.1, -0.05) is 46.4 Å². The van der Waals surface area contributed by atoms with Gasteiger partial charge in [-0.2, -0.15) is 47.1 Å². The van der Waals surface area contributed by atoms with Crippen molar-refractivity contribution in [2.24, 2.45) is 4.99 Å². The molecule has 12 nitrogen and oxygen atoms in total. The quantitative estimate of drug-likeness (QED) is 0.0510. The van der Waals surface area contributed by atoms with E-state index in [2.05, 4.69) is 20.5 Å². The Bertz CT molecular complexity index is 2200. The van der Waals surface area contributed by atoms with Crippen LogP contribution in [-0.2, 0) is 21.9 Å². The Hall–Kier alpha value is -4.50. The lowest BCUT2D eigenvalue weighted by atomic mass is 10.1. The molecule has 0 fully saturated rings. The van der Waals surface area contributed by atoms with Gasteiger partial charge < -0.3 is 10.1 Å². The number of aromatic nitrogens is 4. The molecule has 0 aliphatic carbocycles. The molecule has 0 atom stereocenters. The number of Topliss-reactive ketones (excluding diaryl/α,β-unsaturated/α-hetero) is 1. The summed E-state index contributed by atoms with van der Waals surface area (Å²) < 4.78 is 85.1. The van der Waals surface area contributed by atoms with Crippen LogP contribution >= 0.6 is 58.2 Å². The molecular weight excluding hydrogens is 858 g/mol. The zero-order valence-electron chi connectivity index (χ0n) is 29.5. The van der Waals surface area contributed by atoms with E-state index in [-0.39, 0.29) is 57.4 Å². The van der Waals surface area contributed by atoms with E-state index in [1.807, 2.05) is 13.0 Å². The number of alkyl halides is 6. The Labute approximate surface area is 339 Å². The SMILES string of the molecule is CCN=CNc1c(SC)c(C#N)nn1-c1c(Cl)cc(C(F)(F)F)cc1Cl.CCOCC(=O)N(C)c1c(C(C)=O)c(C#N)nn1-c1c(Cl)cc(C(F)(F)F)cc1Cl. The van der Waals surface area contributed by atoms with Crippen molar-refractivity contribution in [1.29, 1.82) is 10.5 Å². The summed E-state index contributed by atoms with van der Waals surface area (Å²) in [4.78, 5) is 30.2. The summed E-state index contributed by atoms with van der Waals surface area (Å²) in [6.07, 6.45) is -6.15. The maximum Gasteiger partial charge on any atom is 0.416 e. The first-order valence-electron chi connectivity index (χ1n) is 15.5. The lowest BCUT2D eigenvalue weighted by Crippen LogP contribution is -2.33. The number of hydrogen-bond acceptors (Lipinski definition) is 9. The lowest BCUT2D eigenvalue weighted by Gasteiger charge is -2.21. The van der Waals surface area contributed by atoms with E-state index in [1.165, 1.54) is 29.8 Å². The van der Waals surface area contributed by atoms with Crippen molar-refractivity contribution in [1.82, 2.24) is 19.6 Å². The molecule has 23 heteroatoms. The third kappa shape index (κ3) is 10.3. The fraction of sp³-hybridized carbons (Fsp3) is 0.303. The third-order valence-corrected chi connectivity index (χ3v) is 9.13. The van der Waals surface area contributed by atoms with Crippen LogP contribution < -0.4 is 10.2 Å².